The molecule has 0 fully saturated rings. The number of carbonyl (C=O) groups is 2. The molecule has 0 spiro atoms. The zero-order chi connectivity index (χ0) is 11.3. The van der Waals surface area contributed by atoms with Gasteiger partial charge in [0.2, 0.25) is 6.54 Å². The molecule has 0 aliphatic carbocycles. The summed E-state index contributed by atoms with van der Waals surface area (Å²) in [7, 11) is 1.62. The summed E-state index contributed by atoms with van der Waals surface area (Å²) >= 11 is 0. The Morgan fingerprint density at radius 2 is 2.12 bits per heavy atom. The highest BCUT2D eigenvalue weighted by Crippen LogP contribution is 1.93. The number of carbonyl (C=O) groups excluding carboxylic acids is 2. The Kier molecular flexibility index (Phi) is 6.52. The highest BCUT2D eigenvalue weighted by atomic mass is 79.9. The number of nitrogens with zero attached hydrogens (tertiary/aromatic N) is 1. The average Bonchev–Trinajstić information content (AvgIpc) is 2.17. The smallest absolute Gasteiger partial charge is 0.271 e. The maximum absolute atomic E-state index is 11.4. The molecule has 0 radical (unpaired) electrons. The van der Waals surface area contributed by atoms with Crippen molar-refractivity contribution in [3.05, 3.63) is 30.1 Å². The summed E-state index contributed by atoms with van der Waals surface area (Å²) in [4.78, 5) is 22.3. The molecule has 6 heteroatoms. The Morgan fingerprint density at radius 3 is 2.69 bits per heavy atom. The van der Waals surface area contributed by atoms with E-state index in [2.05, 4.69) is 10.9 Å². The van der Waals surface area contributed by atoms with Gasteiger partial charge in [-0.15, -0.1) is 0 Å². The molecular formula is C10H14BrN3O2. The molecule has 1 rings (SSSR count). The van der Waals surface area contributed by atoms with Gasteiger partial charge in [0.15, 0.2) is 18.2 Å². The van der Waals surface area contributed by atoms with Crippen LogP contribution in [0, 0.1) is 0 Å². The highest BCUT2D eigenvalue weighted by molar-refractivity contribution is 5.93. The van der Waals surface area contributed by atoms with Crippen molar-refractivity contribution in [1.29, 1.82) is 0 Å². The number of Topliss-reactive ketones (excluding diaryl/α,β-unsaturated/α-hetero) is 1. The zero-order valence-corrected chi connectivity index (χ0v) is 10.7. The minimum absolute atomic E-state index is 0. The Labute approximate surface area is 105 Å². The lowest BCUT2D eigenvalue weighted by atomic mass is 10.2. The third-order valence-electron chi connectivity index (χ3n) is 1.76. The van der Waals surface area contributed by atoms with Crippen molar-refractivity contribution in [3.63, 3.8) is 0 Å². The van der Waals surface area contributed by atoms with Gasteiger partial charge in [0.05, 0.1) is 0 Å². The fraction of sp³-hybridized carbons (Fsp3) is 0.300. The number of rotatable bonds is 4. The van der Waals surface area contributed by atoms with Crippen LogP contribution in [-0.4, -0.2) is 18.7 Å². The quantitative estimate of drug-likeness (QED) is 0.445. The second kappa shape index (κ2) is 7.08. The van der Waals surface area contributed by atoms with Crippen LogP contribution in [0.3, 0.4) is 0 Å². The fourth-order valence-electron chi connectivity index (χ4n) is 1.20. The van der Waals surface area contributed by atoms with E-state index in [4.69, 9.17) is 0 Å². The topological polar surface area (TPSA) is 62.1 Å². The monoisotopic (exact) mass is 287 g/mol. The number of hydrogen-bond acceptors (Lipinski definition) is 3. The normalized spacial score (nSPS) is 9.12. The van der Waals surface area contributed by atoms with E-state index in [1.807, 2.05) is 0 Å². The van der Waals surface area contributed by atoms with Crippen molar-refractivity contribution in [1.82, 2.24) is 10.9 Å². The third-order valence-corrected chi connectivity index (χ3v) is 1.76. The molecule has 5 nitrogen and oxygen atoms in total. The van der Waals surface area contributed by atoms with Gasteiger partial charge in [0, 0.05) is 20.0 Å². The first-order valence-corrected chi connectivity index (χ1v) is 4.59. The maximum atomic E-state index is 11.4. The summed E-state index contributed by atoms with van der Waals surface area (Å²) in [5.41, 5.74) is 5.51. The molecule has 1 heterocycles. The molecule has 0 aromatic carbocycles. The van der Waals surface area contributed by atoms with Crippen molar-refractivity contribution in [2.24, 2.45) is 0 Å². The van der Waals surface area contributed by atoms with Crippen LogP contribution in [0.25, 0.3) is 0 Å². The van der Waals surface area contributed by atoms with Gasteiger partial charge in [-0.2, -0.15) is 4.57 Å². The predicted molar refractivity (Wildman–Crippen MR) is 53.8 cm³/mol. The molecule has 0 aliphatic heterocycles. The van der Waals surface area contributed by atoms with Crippen LogP contribution < -0.4 is 32.4 Å². The lowest BCUT2D eigenvalue weighted by Crippen LogP contribution is -3.00. The van der Waals surface area contributed by atoms with E-state index in [9.17, 15) is 9.59 Å². The van der Waals surface area contributed by atoms with Gasteiger partial charge in [0.25, 0.3) is 5.91 Å². The Morgan fingerprint density at radius 1 is 1.44 bits per heavy atom. The van der Waals surface area contributed by atoms with Gasteiger partial charge < -0.3 is 17.0 Å². The van der Waals surface area contributed by atoms with Crippen molar-refractivity contribution in [2.45, 2.75) is 13.5 Å². The number of hydrogen-bond donors (Lipinski definition) is 2. The first-order valence-electron chi connectivity index (χ1n) is 4.59. The predicted octanol–water partition coefficient (Wildman–Crippen LogP) is -3.57. The van der Waals surface area contributed by atoms with Crippen LogP contribution in [0.1, 0.15) is 17.3 Å². The molecule has 1 aromatic rings. The first-order chi connectivity index (χ1) is 7.13. The second-order valence-electron chi connectivity index (χ2n) is 3.17. The summed E-state index contributed by atoms with van der Waals surface area (Å²) in [6, 6.07) is 3.41. The molecule has 1 amide bonds. The minimum Gasteiger partial charge on any atom is -1.00 e. The number of ketones is 1. The summed E-state index contributed by atoms with van der Waals surface area (Å²) in [6.07, 6.45) is 3.38. The molecule has 0 aliphatic rings. The molecule has 0 saturated heterocycles. The molecular weight excluding hydrogens is 274 g/mol. The van der Waals surface area contributed by atoms with E-state index in [-0.39, 0.29) is 35.2 Å². The van der Waals surface area contributed by atoms with Crippen molar-refractivity contribution in [3.8, 4) is 0 Å². The average molecular weight is 288 g/mol. The summed E-state index contributed by atoms with van der Waals surface area (Å²) in [5, 5.41) is 0. The number of aromatic nitrogens is 1. The van der Waals surface area contributed by atoms with Crippen LogP contribution in [0.15, 0.2) is 24.5 Å². The summed E-state index contributed by atoms with van der Waals surface area (Å²) in [6.45, 7) is 1.79. The number of nitrogens with one attached hydrogen (secondary N) is 2. The fourth-order valence-corrected chi connectivity index (χ4v) is 1.20. The van der Waals surface area contributed by atoms with Gasteiger partial charge in [-0.3, -0.25) is 15.0 Å². The molecule has 1 aromatic heterocycles. The Balaban J connectivity index is 0.00000225. The number of pyridine rings is 1. The number of hydrazine groups is 1. The molecule has 0 saturated carbocycles. The third kappa shape index (κ3) is 4.50. The van der Waals surface area contributed by atoms with Gasteiger partial charge in [-0.1, -0.05) is 0 Å². The minimum atomic E-state index is -0.226. The van der Waals surface area contributed by atoms with Crippen LogP contribution in [0.4, 0.5) is 0 Å². The van der Waals surface area contributed by atoms with Crippen LogP contribution >= 0.6 is 0 Å². The number of amides is 1. The van der Waals surface area contributed by atoms with E-state index in [1.165, 1.54) is 6.92 Å². The summed E-state index contributed by atoms with van der Waals surface area (Å²) in [5.74, 6) is -0.179. The van der Waals surface area contributed by atoms with Crippen LogP contribution in [0.5, 0.6) is 0 Å². The zero-order valence-electron chi connectivity index (χ0n) is 9.16. The molecule has 16 heavy (non-hydrogen) atoms. The molecule has 88 valence electrons. The van der Waals surface area contributed by atoms with Gasteiger partial charge >= 0.3 is 0 Å². The molecule has 0 unspecified atom stereocenters. The lowest BCUT2D eigenvalue weighted by molar-refractivity contribution is -0.684. The van der Waals surface area contributed by atoms with Crippen LogP contribution in [-0.2, 0) is 11.3 Å². The second-order valence-corrected chi connectivity index (χ2v) is 3.17. The number of halogens is 1. The van der Waals surface area contributed by atoms with Gasteiger partial charge in [-0.25, -0.2) is 5.43 Å². The van der Waals surface area contributed by atoms with E-state index < -0.39 is 0 Å². The maximum Gasteiger partial charge on any atom is 0.271 e. The Bertz CT molecular complexity index is 382. The van der Waals surface area contributed by atoms with Gasteiger partial charge in [0.1, 0.15) is 5.56 Å². The largest absolute Gasteiger partial charge is 1.00 e. The van der Waals surface area contributed by atoms with E-state index in [0.717, 1.165) is 0 Å². The summed E-state index contributed by atoms with van der Waals surface area (Å²) < 4.78 is 1.67. The highest BCUT2D eigenvalue weighted by Gasteiger charge is 2.10. The van der Waals surface area contributed by atoms with Gasteiger partial charge in [-0.05, 0) is 6.07 Å². The van der Waals surface area contributed by atoms with E-state index >= 15 is 0 Å². The molecule has 2 N–H and O–H groups in total. The SMILES string of the molecule is CNNC(=O)c1ccc[n+](CC(C)=O)c1.[Br-]. The van der Waals surface area contributed by atoms with E-state index in [1.54, 1.807) is 36.1 Å². The standard InChI is InChI=1S/C10H13N3O2.BrH/c1-8(14)6-13-5-3-4-9(7-13)10(15)12-11-2;/h3-5,7,11H,6H2,1-2H3;1H. The van der Waals surface area contributed by atoms with Crippen molar-refractivity contribution in [2.75, 3.05) is 7.05 Å². The first kappa shape index (κ1) is 14.7. The van der Waals surface area contributed by atoms with E-state index in [0.29, 0.717) is 5.56 Å². The molecule has 0 bridgehead atoms. The Hall–Kier alpha value is -1.27. The lowest BCUT2D eigenvalue weighted by Gasteiger charge is -2.01. The van der Waals surface area contributed by atoms with Crippen molar-refractivity contribution < 1.29 is 31.1 Å². The molecule has 0 atom stereocenters. The van der Waals surface area contributed by atoms with Crippen LogP contribution in [0.2, 0.25) is 0 Å². The van der Waals surface area contributed by atoms with Crippen molar-refractivity contribution >= 4 is 11.7 Å².